The van der Waals surface area contributed by atoms with Crippen molar-refractivity contribution in [2.24, 2.45) is 11.8 Å². The second-order valence-electron chi connectivity index (χ2n) is 5.20. The Bertz CT molecular complexity index is 527. The predicted octanol–water partition coefficient (Wildman–Crippen LogP) is 1.37. The molecular weight excluding hydrogens is 244 g/mol. The molecule has 0 aliphatic carbocycles. The number of nitrogens with zero attached hydrogens (tertiary/aromatic N) is 1. The number of likely N-dealkylation sites (tertiary alicyclic amines) is 1. The number of carboxylic acid groups (broad SMARTS) is 1. The second-order valence-corrected chi connectivity index (χ2v) is 5.20. The molecule has 0 spiro atoms. The van der Waals surface area contributed by atoms with Crippen LogP contribution in [0.3, 0.4) is 0 Å². The van der Waals surface area contributed by atoms with Crippen molar-refractivity contribution in [1.82, 2.24) is 4.90 Å². The van der Waals surface area contributed by atoms with Crippen LogP contribution in [0.15, 0.2) is 18.2 Å². The molecule has 1 aromatic rings. The summed E-state index contributed by atoms with van der Waals surface area (Å²) in [6.07, 6.45) is 0. The van der Waals surface area contributed by atoms with E-state index >= 15 is 0 Å². The maximum absolute atomic E-state index is 12.3. The fraction of sp³-hybridized carbons (Fsp3) is 0.429. The summed E-state index contributed by atoms with van der Waals surface area (Å²) in [7, 11) is 0. The quantitative estimate of drug-likeness (QED) is 0.788. The van der Waals surface area contributed by atoms with Crippen LogP contribution >= 0.6 is 0 Å². The molecule has 1 fully saturated rings. The first-order valence-electron chi connectivity index (χ1n) is 6.28. The van der Waals surface area contributed by atoms with E-state index in [1.54, 1.807) is 23.1 Å². The smallest absolute Gasteiger partial charge is 0.308 e. The monoisotopic (exact) mass is 262 g/mol. The zero-order chi connectivity index (χ0) is 14.2. The zero-order valence-corrected chi connectivity index (χ0v) is 11.1. The van der Waals surface area contributed by atoms with Crippen molar-refractivity contribution >= 4 is 17.6 Å². The number of carboxylic acids is 1. The third-order valence-corrected chi connectivity index (χ3v) is 3.73. The molecule has 5 heteroatoms. The van der Waals surface area contributed by atoms with Crippen LogP contribution in [0.4, 0.5) is 5.69 Å². The topological polar surface area (TPSA) is 83.6 Å². The van der Waals surface area contributed by atoms with Gasteiger partial charge in [0.25, 0.3) is 5.91 Å². The molecule has 0 bridgehead atoms. The molecule has 1 aliphatic rings. The fourth-order valence-corrected chi connectivity index (χ4v) is 2.45. The van der Waals surface area contributed by atoms with Crippen molar-refractivity contribution in [2.45, 2.75) is 13.8 Å². The van der Waals surface area contributed by atoms with Crippen LogP contribution in [-0.2, 0) is 4.79 Å². The lowest BCUT2D eigenvalue weighted by Crippen LogP contribution is -2.30. The first-order valence-corrected chi connectivity index (χ1v) is 6.28. The van der Waals surface area contributed by atoms with Gasteiger partial charge in [-0.15, -0.1) is 0 Å². The number of nitrogen functional groups attached to an aromatic ring is 1. The third-order valence-electron chi connectivity index (χ3n) is 3.73. The number of aryl methyl sites for hydroxylation is 1. The van der Waals surface area contributed by atoms with Gasteiger partial charge in [0.05, 0.1) is 5.92 Å². The Labute approximate surface area is 112 Å². The van der Waals surface area contributed by atoms with Crippen LogP contribution in [0.1, 0.15) is 22.8 Å². The van der Waals surface area contributed by atoms with Gasteiger partial charge in [-0.2, -0.15) is 0 Å². The second kappa shape index (κ2) is 4.91. The van der Waals surface area contributed by atoms with Crippen molar-refractivity contribution in [3.05, 3.63) is 29.3 Å². The maximum Gasteiger partial charge on any atom is 0.308 e. The molecule has 3 N–H and O–H groups in total. The summed E-state index contributed by atoms with van der Waals surface area (Å²) < 4.78 is 0. The molecule has 0 aromatic heterocycles. The molecule has 1 heterocycles. The number of aliphatic carboxylic acids is 1. The number of hydrogen-bond donors (Lipinski definition) is 2. The number of hydrogen-bond acceptors (Lipinski definition) is 3. The van der Waals surface area contributed by atoms with E-state index in [9.17, 15) is 9.59 Å². The summed E-state index contributed by atoms with van der Waals surface area (Å²) in [5, 5.41) is 9.08. The van der Waals surface area contributed by atoms with Gasteiger partial charge in [0.1, 0.15) is 0 Å². The highest BCUT2D eigenvalue weighted by molar-refractivity contribution is 5.95. The van der Waals surface area contributed by atoms with Crippen molar-refractivity contribution in [1.29, 1.82) is 0 Å². The third kappa shape index (κ3) is 2.54. The van der Waals surface area contributed by atoms with E-state index in [2.05, 4.69) is 0 Å². The minimum absolute atomic E-state index is 0.0173. The zero-order valence-electron chi connectivity index (χ0n) is 11.1. The molecule has 1 aliphatic heterocycles. The summed E-state index contributed by atoms with van der Waals surface area (Å²) in [6.45, 7) is 4.47. The number of amides is 1. The molecule has 2 rings (SSSR count). The summed E-state index contributed by atoms with van der Waals surface area (Å²) in [5.41, 5.74) is 7.79. The van der Waals surface area contributed by atoms with Crippen molar-refractivity contribution in [3.8, 4) is 0 Å². The molecule has 5 nitrogen and oxygen atoms in total. The fourth-order valence-electron chi connectivity index (χ4n) is 2.45. The van der Waals surface area contributed by atoms with E-state index in [0.29, 0.717) is 17.8 Å². The lowest BCUT2D eigenvalue weighted by Gasteiger charge is -2.16. The number of rotatable bonds is 2. The molecular formula is C14H18N2O3. The number of anilines is 1. The van der Waals surface area contributed by atoms with E-state index < -0.39 is 11.9 Å². The Morgan fingerprint density at radius 3 is 2.58 bits per heavy atom. The minimum Gasteiger partial charge on any atom is -0.481 e. The summed E-state index contributed by atoms with van der Waals surface area (Å²) in [4.78, 5) is 25.0. The average Bonchev–Trinajstić information content (AvgIpc) is 2.74. The molecule has 1 aromatic carbocycles. The van der Waals surface area contributed by atoms with Gasteiger partial charge in [-0.1, -0.05) is 6.92 Å². The standard InChI is InChI=1S/C14H18N2O3/c1-8-5-10(3-4-12(8)15)13(17)16-6-9(2)11(7-16)14(18)19/h3-5,9,11H,6-7,15H2,1-2H3,(H,18,19). The van der Waals surface area contributed by atoms with Gasteiger partial charge in [-0.05, 0) is 36.6 Å². The largest absolute Gasteiger partial charge is 0.481 e. The molecule has 102 valence electrons. The van der Waals surface area contributed by atoms with Gasteiger partial charge in [-0.25, -0.2) is 0 Å². The van der Waals surface area contributed by atoms with Gasteiger partial charge >= 0.3 is 5.97 Å². The van der Waals surface area contributed by atoms with Crippen LogP contribution in [0.25, 0.3) is 0 Å². The Kier molecular flexibility index (Phi) is 3.46. The molecule has 2 atom stereocenters. The van der Waals surface area contributed by atoms with Gasteiger partial charge < -0.3 is 15.7 Å². The van der Waals surface area contributed by atoms with Crippen LogP contribution in [0.2, 0.25) is 0 Å². The van der Waals surface area contributed by atoms with Crippen LogP contribution in [0, 0.1) is 18.8 Å². The van der Waals surface area contributed by atoms with Crippen molar-refractivity contribution in [3.63, 3.8) is 0 Å². The van der Waals surface area contributed by atoms with Crippen molar-refractivity contribution < 1.29 is 14.7 Å². The SMILES string of the molecule is Cc1cc(C(=O)N2CC(C)C(C(=O)O)C2)ccc1N. The molecule has 1 amide bonds. The number of carbonyl (C=O) groups excluding carboxylic acids is 1. The molecule has 1 saturated heterocycles. The normalized spacial score (nSPS) is 22.5. The Hall–Kier alpha value is -2.04. The summed E-state index contributed by atoms with van der Waals surface area (Å²) in [5.74, 6) is -1.45. The lowest BCUT2D eigenvalue weighted by atomic mass is 9.99. The van der Waals surface area contributed by atoms with Crippen LogP contribution in [-0.4, -0.2) is 35.0 Å². The van der Waals surface area contributed by atoms with E-state index in [4.69, 9.17) is 10.8 Å². The highest BCUT2D eigenvalue weighted by Gasteiger charge is 2.37. The number of carbonyl (C=O) groups is 2. The van der Waals surface area contributed by atoms with Gasteiger partial charge in [-0.3, -0.25) is 9.59 Å². The Balaban J connectivity index is 2.17. The van der Waals surface area contributed by atoms with Gasteiger partial charge in [0.15, 0.2) is 0 Å². The van der Waals surface area contributed by atoms with E-state index in [0.717, 1.165) is 5.56 Å². The lowest BCUT2D eigenvalue weighted by molar-refractivity contribution is -0.142. The average molecular weight is 262 g/mol. The summed E-state index contributed by atoms with van der Waals surface area (Å²) >= 11 is 0. The van der Waals surface area contributed by atoms with E-state index in [1.165, 1.54) is 0 Å². The molecule has 0 radical (unpaired) electrons. The highest BCUT2D eigenvalue weighted by atomic mass is 16.4. The maximum atomic E-state index is 12.3. The van der Waals surface area contributed by atoms with Gasteiger partial charge in [0.2, 0.25) is 0 Å². The van der Waals surface area contributed by atoms with E-state index in [-0.39, 0.29) is 18.4 Å². The summed E-state index contributed by atoms with van der Waals surface area (Å²) in [6, 6.07) is 5.14. The molecule has 2 unspecified atom stereocenters. The number of benzene rings is 1. The van der Waals surface area contributed by atoms with E-state index in [1.807, 2.05) is 13.8 Å². The number of nitrogens with two attached hydrogens (primary N) is 1. The highest BCUT2D eigenvalue weighted by Crippen LogP contribution is 2.25. The van der Waals surface area contributed by atoms with Gasteiger partial charge in [0, 0.05) is 24.3 Å². The first-order chi connectivity index (χ1) is 8.90. The molecule has 19 heavy (non-hydrogen) atoms. The predicted molar refractivity (Wildman–Crippen MR) is 71.8 cm³/mol. The minimum atomic E-state index is -0.837. The van der Waals surface area contributed by atoms with Crippen molar-refractivity contribution in [2.75, 3.05) is 18.8 Å². The Morgan fingerprint density at radius 2 is 2.05 bits per heavy atom. The first kappa shape index (κ1) is 13.4. The molecule has 0 saturated carbocycles. The Morgan fingerprint density at radius 1 is 1.37 bits per heavy atom. The van der Waals surface area contributed by atoms with Crippen LogP contribution < -0.4 is 5.73 Å². The van der Waals surface area contributed by atoms with Crippen LogP contribution in [0.5, 0.6) is 0 Å².